The van der Waals surface area contributed by atoms with Crippen LogP contribution in [0.15, 0.2) is 134 Å². The molecule has 0 aliphatic carbocycles. The number of carbonyl (C=O) groups is 3. The fourth-order valence-electron chi connectivity index (χ4n) is 7.44. The molecule has 0 amide bonds. The monoisotopic (exact) mass is 981 g/mol. The van der Waals surface area contributed by atoms with Crippen molar-refractivity contribution in [1.82, 2.24) is 0 Å². The largest absolute Gasteiger partial charge is 0.462 e. The van der Waals surface area contributed by atoms with Crippen molar-refractivity contribution in [2.24, 2.45) is 0 Å². The van der Waals surface area contributed by atoms with Gasteiger partial charge in [0.2, 0.25) is 0 Å². The van der Waals surface area contributed by atoms with Crippen molar-refractivity contribution in [1.29, 1.82) is 0 Å². The molecule has 0 aromatic carbocycles. The lowest BCUT2D eigenvalue weighted by molar-refractivity contribution is -0.166. The molecule has 1 atom stereocenters. The molecule has 0 N–H and O–H groups in total. The Hall–Kier alpha value is -4.45. The minimum Gasteiger partial charge on any atom is -0.462 e. The van der Waals surface area contributed by atoms with E-state index in [4.69, 9.17) is 14.2 Å². The van der Waals surface area contributed by atoms with E-state index in [1.54, 1.807) is 0 Å². The highest BCUT2D eigenvalue weighted by atomic mass is 16.6. The first-order valence-electron chi connectivity index (χ1n) is 28.7. The highest BCUT2D eigenvalue weighted by Crippen LogP contribution is 2.15. The molecule has 6 heteroatoms. The molecule has 400 valence electrons. The van der Waals surface area contributed by atoms with Crippen molar-refractivity contribution in [3.8, 4) is 0 Å². The van der Waals surface area contributed by atoms with Gasteiger partial charge in [0.15, 0.2) is 6.10 Å². The Balaban J connectivity index is 4.58. The van der Waals surface area contributed by atoms with E-state index in [-0.39, 0.29) is 44.0 Å². The summed E-state index contributed by atoms with van der Waals surface area (Å²) in [6.07, 6.45) is 81.6. The van der Waals surface area contributed by atoms with E-state index in [1.807, 2.05) is 12.2 Å². The van der Waals surface area contributed by atoms with Crippen LogP contribution in [0.5, 0.6) is 0 Å². The molecule has 0 radical (unpaired) electrons. The third-order valence-corrected chi connectivity index (χ3v) is 11.7. The van der Waals surface area contributed by atoms with E-state index in [0.29, 0.717) is 19.3 Å². The van der Waals surface area contributed by atoms with E-state index in [0.717, 1.165) is 109 Å². The Morgan fingerprint density at radius 3 is 0.944 bits per heavy atom. The van der Waals surface area contributed by atoms with Gasteiger partial charge in [0.1, 0.15) is 13.2 Å². The van der Waals surface area contributed by atoms with Gasteiger partial charge in [0.05, 0.1) is 0 Å². The van der Waals surface area contributed by atoms with Gasteiger partial charge in [-0.1, -0.05) is 251 Å². The van der Waals surface area contributed by atoms with Crippen LogP contribution in [0.25, 0.3) is 0 Å². The van der Waals surface area contributed by atoms with Gasteiger partial charge in [0.25, 0.3) is 0 Å². The van der Waals surface area contributed by atoms with Gasteiger partial charge in [-0.05, 0) is 103 Å². The molecule has 0 aromatic rings. The third kappa shape index (κ3) is 56.3. The lowest BCUT2D eigenvalue weighted by Gasteiger charge is -2.18. The minimum atomic E-state index is -0.830. The van der Waals surface area contributed by atoms with Crippen molar-refractivity contribution < 1.29 is 28.6 Å². The smallest absolute Gasteiger partial charge is 0.306 e. The van der Waals surface area contributed by atoms with Crippen LogP contribution in [0.1, 0.15) is 239 Å². The first-order valence-corrected chi connectivity index (χ1v) is 28.7. The van der Waals surface area contributed by atoms with E-state index < -0.39 is 6.10 Å². The highest BCUT2D eigenvalue weighted by molar-refractivity contribution is 5.71. The summed E-state index contributed by atoms with van der Waals surface area (Å²) >= 11 is 0. The molecule has 0 fully saturated rings. The van der Waals surface area contributed by atoms with Crippen molar-refractivity contribution in [2.75, 3.05) is 13.2 Å². The van der Waals surface area contributed by atoms with E-state index in [9.17, 15) is 14.4 Å². The summed E-state index contributed by atoms with van der Waals surface area (Å²) in [5, 5.41) is 0. The first-order chi connectivity index (χ1) is 35.0. The molecular weight excluding hydrogens is 877 g/mol. The molecule has 6 nitrogen and oxygen atoms in total. The molecule has 0 spiro atoms. The average Bonchev–Trinajstić information content (AvgIpc) is 3.37. The molecule has 0 aliphatic heterocycles. The number of hydrogen-bond acceptors (Lipinski definition) is 6. The predicted molar refractivity (Wildman–Crippen MR) is 306 cm³/mol. The normalized spacial score (nSPS) is 13.1. The van der Waals surface area contributed by atoms with Gasteiger partial charge in [-0.25, -0.2) is 0 Å². The van der Waals surface area contributed by atoms with Crippen LogP contribution >= 0.6 is 0 Å². The highest BCUT2D eigenvalue weighted by Gasteiger charge is 2.19. The van der Waals surface area contributed by atoms with E-state index >= 15 is 0 Å². The Bertz CT molecular complexity index is 1550. The van der Waals surface area contributed by atoms with Crippen LogP contribution < -0.4 is 0 Å². The van der Waals surface area contributed by atoms with Gasteiger partial charge in [-0.3, -0.25) is 14.4 Å². The molecule has 0 aliphatic rings. The standard InChI is InChI=1S/C65H104O6/c1-4-7-10-13-16-19-22-25-28-30-32-34-37-40-43-46-49-52-55-58-64(67)70-61-62(60-69-63(66)57-54-51-48-45-42-39-36-27-24-21-18-15-12-9-6-3)71-65(68)59-56-53-50-47-44-41-38-35-33-31-29-26-23-20-17-14-11-8-5-2/h7-8,10-11,16-17,19-20,25-26,28-29,32-35,40-41,43-44,49,52,62H,4-6,9,12-15,18,21-24,27,30-31,36-39,42,45-48,50-51,53-61H2,1-3H3/b10-7-,11-8-,19-16-,20-17-,28-25-,29-26-,34-32-,35-33-,43-40-,44-41-,52-49-/t62-/m0/s1. The zero-order valence-corrected chi connectivity index (χ0v) is 45.7. The Morgan fingerprint density at radius 2 is 0.577 bits per heavy atom. The Morgan fingerprint density at radius 1 is 0.296 bits per heavy atom. The maximum absolute atomic E-state index is 12.9. The number of unbranched alkanes of at least 4 members (excludes halogenated alkanes) is 17. The van der Waals surface area contributed by atoms with Gasteiger partial charge < -0.3 is 14.2 Å². The van der Waals surface area contributed by atoms with Crippen LogP contribution in [-0.4, -0.2) is 37.2 Å². The molecule has 71 heavy (non-hydrogen) atoms. The lowest BCUT2D eigenvalue weighted by atomic mass is 10.0. The zero-order chi connectivity index (χ0) is 51.4. The van der Waals surface area contributed by atoms with Crippen LogP contribution in [-0.2, 0) is 28.6 Å². The zero-order valence-electron chi connectivity index (χ0n) is 45.7. The summed E-state index contributed by atoms with van der Waals surface area (Å²) in [5.74, 6) is -1.04. The first kappa shape index (κ1) is 66.6. The van der Waals surface area contributed by atoms with Crippen molar-refractivity contribution in [3.05, 3.63) is 134 Å². The van der Waals surface area contributed by atoms with Gasteiger partial charge in [0, 0.05) is 19.3 Å². The van der Waals surface area contributed by atoms with Crippen molar-refractivity contribution >= 4 is 17.9 Å². The maximum atomic E-state index is 12.9. The maximum Gasteiger partial charge on any atom is 0.306 e. The van der Waals surface area contributed by atoms with Crippen LogP contribution in [0.4, 0.5) is 0 Å². The summed E-state index contributed by atoms with van der Waals surface area (Å²) in [6, 6.07) is 0. The molecule has 0 aromatic heterocycles. The SMILES string of the molecule is CC/C=C\C/C=C\C/C=C\C/C=C\C/C=C\C/C=C\CCC(=O)OC[C@H](COC(=O)CCCCCCCCCCCCCCCCC)OC(=O)CCCCC/C=C\C/C=C\C/C=C\C/C=C\C/C=C\CC. The summed E-state index contributed by atoms with van der Waals surface area (Å²) in [5.41, 5.74) is 0. The Labute approximate surface area is 436 Å². The topological polar surface area (TPSA) is 78.9 Å². The third-order valence-electron chi connectivity index (χ3n) is 11.7. The van der Waals surface area contributed by atoms with Crippen LogP contribution in [0.2, 0.25) is 0 Å². The summed E-state index contributed by atoms with van der Waals surface area (Å²) in [6.45, 7) is 6.32. The van der Waals surface area contributed by atoms with E-state index in [1.165, 1.54) is 77.0 Å². The van der Waals surface area contributed by atoms with Crippen LogP contribution in [0.3, 0.4) is 0 Å². The number of carbonyl (C=O) groups excluding carboxylic acids is 3. The van der Waals surface area contributed by atoms with Gasteiger partial charge in [-0.2, -0.15) is 0 Å². The molecule has 0 heterocycles. The second-order valence-electron chi connectivity index (χ2n) is 18.4. The number of esters is 3. The molecule has 0 bridgehead atoms. The quantitative estimate of drug-likeness (QED) is 0.0262. The fraction of sp³-hybridized carbons (Fsp3) is 0.615. The molecule has 0 unspecified atom stereocenters. The molecule has 0 rings (SSSR count). The summed E-state index contributed by atoms with van der Waals surface area (Å²) in [4.78, 5) is 38.1. The average molecular weight is 982 g/mol. The van der Waals surface area contributed by atoms with E-state index in [2.05, 4.69) is 142 Å². The van der Waals surface area contributed by atoms with Crippen molar-refractivity contribution in [3.63, 3.8) is 0 Å². The number of ether oxygens (including phenoxy) is 3. The predicted octanol–water partition coefficient (Wildman–Crippen LogP) is 19.4. The molecule has 0 saturated heterocycles. The number of rotatable bonds is 50. The van der Waals surface area contributed by atoms with Gasteiger partial charge >= 0.3 is 17.9 Å². The second kappa shape index (κ2) is 58.1. The lowest BCUT2D eigenvalue weighted by Crippen LogP contribution is -2.30. The second-order valence-corrected chi connectivity index (χ2v) is 18.4. The van der Waals surface area contributed by atoms with Gasteiger partial charge in [-0.15, -0.1) is 0 Å². The summed E-state index contributed by atoms with van der Waals surface area (Å²) < 4.78 is 16.8. The molecule has 0 saturated carbocycles. The summed E-state index contributed by atoms with van der Waals surface area (Å²) in [7, 11) is 0. The minimum absolute atomic E-state index is 0.117. The Kier molecular flexibility index (Phi) is 54.5. The molecular formula is C65H104O6. The number of allylic oxidation sites excluding steroid dienone is 22. The fourth-order valence-corrected chi connectivity index (χ4v) is 7.44. The van der Waals surface area contributed by atoms with Crippen molar-refractivity contribution in [2.45, 2.75) is 245 Å². The number of hydrogen-bond donors (Lipinski definition) is 0. The van der Waals surface area contributed by atoms with Crippen LogP contribution in [0, 0.1) is 0 Å².